The van der Waals surface area contributed by atoms with Gasteiger partial charge in [0.15, 0.2) is 5.89 Å². The summed E-state index contributed by atoms with van der Waals surface area (Å²) in [6.45, 7) is 1.69. The first kappa shape index (κ1) is 13.9. The third-order valence-corrected chi connectivity index (χ3v) is 3.98. The summed E-state index contributed by atoms with van der Waals surface area (Å²) in [7, 11) is 0. The van der Waals surface area contributed by atoms with E-state index in [0.29, 0.717) is 44.3 Å². The third-order valence-electron chi connectivity index (χ3n) is 3.98. The number of rotatable bonds is 4. The summed E-state index contributed by atoms with van der Waals surface area (Å²) in [4.78, 5) is 28.3. The zero-order valence-electron chi connectivity index (χ0n) is 11.7. The Morgan fingerprint density at radius 2 is 2.05 bits per heavy atom. The van der Waals surface area contributed by atoms with Crippen molar-refractivity contribution in [3.8, 4) is 0 Å². The molecule has 0 radical (unpaired) electrons. The molecule has 2 fully saturated rings. The minimum Gasteiger partial charge on any atom is -0.475 e. The van der Waals surface area contributed by atoms with Crippen molar-refractivity contribution < 1.29 is 23.8 Å². The number of carbonyl (C=O) groups is 2. The predicted octanol–water partition coefficient (Wildman–Crippen LogP) is 2.10. The summed E-state index contributed by atoms with van der Waals surface area (Å²) in [5.41, 5.74) is 0. The van der Waals surface area contributed by atoms with Gasteiger partial charge in [-0.2, -0.15) is 0 Å². The molecule has 1 saturated heterocycles. The molecule has 114 valence electrons. The average Bonchev–Trinajstić information content (AvgIpc) is 3.18. The zero-order valence-corrected chi connectivity index (χ0v) is 11.7. The monoisotopic (exact) mass is 294 g/mol. The van der Waals surface area contributed by atoms with E-state index in [2.05, 4.69) is 4.98 Å². The number of hydrogen-bond acceptors (Lipinski definition) is 5. The number of aromatic carboxylic acids is 1. The second-order valence-corrected chi connectivity index (χ2v) is 5.65. The van der Waals surface area contributed by atoms with Crippen LogP contribution < -0.4 is 0 Å². The number of ether oxygens (including phenoxy) is 1. The van der Waals surface area contributed by atoms with Crippen LogP contribution in [0.1, 0.15) is 48.0 Å². The quantitative estimate of drug-likeness (QED) is 0.914. The highest BCUT2D eigenvalue weighted by Gasteiger charge is 2.29. The average molecular weight is 294 g/mol. The number of carboxylic acid groups (broad SMARTS) is 1. The summed E-state index contributed by atoms with van der Waals surface area (Å²) in [5.74, 6) is -0.191. The number of aromatic nitrogens is 1. The lowest BCUT2D eigenvalue weighted by Gasteiger charge is -2.29. The maximum absolute atomic E-state index is 11.9. The predicted molar refractivity (Wildman–Crippen MR) is 71.1 cm³/mol. The van der Waals surface area contributed by atoms with E-state index in [-0.39, 0.29) is 17.8 Å². The highest BCUT2D eigenvalue weighted by Crippen LogP contribution is 2.30. The van der Waals surface area contributed by atoms with Crippen LogP contribution in [0.4, 0.5) is 4.79 Å². The van der Waals surface area contributed by atoms with Gasteiger partial charge in [0.25, 0.3) is 0 Å². The van der Waals surface area contributed by atoms with E-state index in [1.54, 1.807) is 4.90 Å². The van der Waals surface area contributed by atoms with Gasteiger partial charge in [0.05, 0.1) is 12.8 Å². The molecule has 7 nitrogen and oxygen atoms in total. The number of oxazole rings is 1. The van der Waals surface area contributed by atoms with E-state index in [1.807, 2.05) is 0 Å². The largest absolute Gasteiger partial charge is 0.475 e. The highest BCUT2D eigenvalue weighted by molar-refractivity contribution is 5.83. The van der Waals surface area contributed by atoms with Gasteiger partial charge in [-0.25, -0.2) is 14.6 Å². The Morgan fingerprint density at radius 3 is 2.62 bits per heavy atom. The summed E-state index contributed by atoms with van der Waals surface area (Å²) in [6.07, 6.45) is 4.71. The number of piperidine rings is 1. The molecule has 2 aliphatic rings. The SMILES string of the molecule is O=C(O)c1cnc(C2CCN(C(=O)OCC3CC3)CC2)o1. The number of hydrogen-bond donors (Lipinski definition) is 1. The summed E-state index contributed by atoms with van der Waals surface area (Å²) in [6, 6.07) is 0. The fourth-order valence-corrected chi connectivity index (χ4v) is 2.45. The molecule has 21 heavy (non-hydrogen) atoms. The van der Waals surface area contributed by atoms with Gasteiger partial charge in [-0.05, 0) is 31.6 Å². The van der Waals surface area contributed by atoms with Gasteiger partial charge in [0.1, 0.15) is 0 Å². The Balaban J connectivity index is 1.49. The summed E-state index contributed by atoms with van der Waals surface area (Å²) < 4.78 is 10.5. The Kier molecular flexibility index (Phi) is 3.81. The molecule has 7 heteroatoms. The van der Waals surface area contributed by atoms with Crippen LogP contribution in [0.25, 0.3) is 0 Å². The summed E-state index contributed by atoms with van der Waals surface area (Å²) in [5, 5.41) is 8.82. The molecule has 3 rings (SSSR count). The third kappa shape index (κ3) is 3.34. The van der Waals surface area contributed by atoms with E-state index in [4.69, 9.17) is 14.3 Å². The highest BCUT2D eigenvalue weighted by atomic mass is 16.6. The standard InChI is InChI=1S/C14H18N2O5/c17-13(18)11-7-15-12(21-11)10-3-5-16(6-4-10)14(19)20-8-9-1-2-9/h7,9-10H,1-6,8H2,(H,17,18). The molecule has 0 atom stereocenters. The number of carboxylic acids is 1. The van der Waals surface area contributed by atoms with E-state index in [9.17, 15) is 9.59 Å². The van der Waals surface area contributed by atoms with Crippen LogP contribution in [0.3, 0.4) is 0 Å². The molecule has 1 aromatic rings. The Bertz CT molecular complexity index is 529. The number of likely N-dealkylation sites (tertiary alicyclic amines) is 1. The minimum absolute atomic E-state index is 0.0607. The van der Waals surface area contributed by atoms with Crippen molar-refractivity contribution in [1.29, 1.82) is 0 Å². The second kappa shape index (κ2) is 5.75. The Hall–Kier alpha value is -2.05. The van der Waals surface area contributed by atoms with Crippen LogP contribution in [0.5, 0.6) is 0 Å². The van der Waals surface area contributed by atoms with E-state index in [1.165, 1.54) is 6.20 Å². The van der Waals surface area contributed by atoms with Crippen LogP contribution in [-0.4, -0.2) is 46.7 Å². The van der Waals surface area contributed by atoms with E-state index in [0.717, 1.165) is 12.8 Å². The maximum Gasteiger partial charge on any atom is 0.409 e. The van der Waals surface area contributed by atoms with E-state index >= 15 is 0 Å². The van der Waals surface area contributed by atoms with Crippen LogP contribution >= 0.6 is 0 Å². The molecule has 1 saturated carbocycles. The molecular formula is C14H18N2O5. The molecule has 0 aromatic carbocycles. The van der Waals surface area contributed by atoms with Gasteiger partial charge in [0, 0.05) is 19.0 Å². The lowest BCUT2D eigenvalue weighted by Crippen LogP contribution is -2.38. The van der Waals surface area contributed by atoms with Gasteiger partial charge >= 0.3 is 12.1 Å². The number of nitrogens with zero attached hydrogens (tertiary/aromatic N) is 2. The van der Waals surface area contributed by atoms with Crippen LogP contribution in [-0.2, 0) is 4.74 Å². The Morgan fingerprint density at radius 1 is 1.33 bits per heavy atom. The molecule has 0 spiro atoms. The van der Waals surface area contributed by atoms with Crippen LogP contribution in [0.15, 0.2) is 10.6 Å². The van der Waals surface area contributed by atoms with Gasteiger partial charge in [-0.1, -0.05) is 0 Å². The molecule has 2 heterocycles. The first-order valence-corrected chi connectivity index (χ1v) is 7.24. The van der Waals surface area contributed by atoms with Crippen molar-refractivity contribution in [2.24, 2.45) is 5.92 Å². The molecule has 1 aromatic heterocycles. The van der Waals surface area contributed by atoms with Crippen molar-refractivity contribution in [3.63, 3.8) is 0 Å². The number of carbonyl (C=O) groups excluding carboxylic acids is 1. The molecular weight excluding hydrogens is 276 g/mol. The molecule has 0 bridgehead atoms. The van der Waals surface area contributed by atoms with Crippen LogP contribution in [0, 0.1) is 5.92 Å². The van der Waals surface area contributed by atoms with Crippen molar-refractivity contribution in [2.75, 3.05) is 19.7 Å². The number of amides is 1. The lowest BCUT2D eigenvalue weighted by molar-refractivity contribution is 0.0658. The van der Waals surface area contributed by atoms with Gasteiger partial charge in [-0.15, -0.1) is 0 Å². The van der Waals surface area contributed by atoms with E-state index < -0.39 is 5.97 Å². The molecule has 0 unspecified atom stereocenters. The fraction of sp³-hybridized carbons (Fsp3) is 0.643. The second-order valence-electron chi connectivity index (χ2n) is 5.65. The van der Waals surface area contributed by atoms with Crippen molar-refractivity contribution in [3.05, 3.63) is 17.8 Å². The first-order valence-electron chi connectivity index (χ1n) is 7.24. The van der Waals surface area contributed by atoms with Gasteiger partial charge in [-0.3, -0.25) is 0 Å². The summed E-state index contributed by atoms with van der Waals surface area (Å²) >= 11 is 0. The van der Waals surface area contributed by atoms with Crippen molar-refractivity contribution >= 4 is 12.1 Å². The molecule has 1 amide bonds. The van der Waals surface area contributed by atoms with Crippen LogP contribution in [0.2, 0.25) is 0 Å². The molecule has 1 aliphatic carbocycles. The zero-order chi connectivity index (χ0) is 14.8. The lowest BCUT2D eigenvalue weighted by atomic mass is 9.97. The van der Waals surface area contributed by atoms with Crippen molar-refractivity contribution in [2.45, 2.75) is 31.6 Å². The Labute approximate surface area is 121 Å². The van der Waals surface area contributed by atoms with Gasteiger partial charge < -0.3 is 19.2 Å². The fourth-order valence-electron chi connectivity index (χ4n) is 2.45. The first-order chi connectivity index (χ1) is 10.1. The normalized spacial score (nSPS) is 19.5. The minimum atomic E-state index is -1.12. The topological polar surface area (TPSA) is 92.9 Å². The maximum atomic E-state index is 11.9. The molecule has 1 aliphatic heterocycles. The smallest absolute Gasteiger partial charge is 0.409 e. The van der Waals surface area contributed by atoms with Crippen molar-refractivity contribution in [1.82, 2.24) is 9.88 Å². The van der Waals surface area contributed by atoms with Gasteiger partial charge in [0.2, 0.25) is 5.76 Å². The molecule has 1 N–H and O–H groups in total.